The maximum atomic E-state index is 13.3. The SMILES string of the molecule is C[C@H](NC(=O)CN(Cc1ccccc1)S(=O)(=O)c1ccc(Br)cc1)c1ccc(F)cc1. The molecule has 162 valence electrons. The van der Waals surface area contributed by atoms with Crippen LogP contribution in [0, 0.1) is 5.82 Å². The van der Waals surface area contributed by atoms with E-state index in [2.05, 4.69) is 21.2 Å². The minimum absolute atomic E-state index is 0.0532. The molecule has 0 radical (unpaired) electrons. The molecule has 3 aromatic carbocycles. The topological polar surface area (TPSA) is 66.5 Å². The van der Waals surface area contributed by atoms with Crippen LogP contribution in [-0.4, -0.2) is 25.2 Å². The molecule has 0 saturated heterocycles. The van der Waals surface area contributed by atoms with E-state index >= 15 is 0 Å². The number of halogens is 2. The van der Waals surface area contributed by atoms with Crippen LogP contribution in [0.15, 0.2) is 88.2 Å². The van der Waals surface area contributed by atoms with Gasteiger partial charge in [-0.1, -0.05) is 58.4 Å². The third-order valence-electron chi connectivity index (χ3n) is 4.72. The summed E-state index contributed by atoms with van der Waals surface area (Å²) < 4.78 is 41.6. The summed E-state index contributed by atoms with van der Waals surface area (Å²) in [5, 5.41) is 2.79. The highest BCUT2D eigenvalue weighted by Gasteiger charge is 2.27. The predicted molar refractivity (Wildman–Crippen MR) is 121 cm³/mol. The average molecular weight is 505 g/mol. The number of nitrogens with zero attached hydrogens (tertiary/aromatic N) is 1. The number of amides is 1. The Labute approximate surface area is 190 Å². The third kappa shape index (κ3) is 6.22. The number of benzene rings is 3. The molecule has 31 heavy (non-hydrogen) atoms. The van der Waals surface area contributed by atoms with Gasteiger partial charge in [0.05, 0.1) is 17.5 Å². The highest BCUT2D eigenvalue weighted by atomic mass is 79.9. The van der Waals surface area contributed by atoms with E-state index in [1.807, 2.05) is 30.3 Å². The molecule has 3 aromatic rings. The summed E-state index contributed by atoms with van der Waals surface area (Å²) in [6.45, 7) is 1.46. The standard InChI is InChI=1S/C23H22BrFN2O3S/c1-17(19-7-11-21(25)12-8-19)26-23(28)16-27(15-18-5-3-2-4-6-18)31(29,30)22-13-9-20(24)10-14-22/h2-14,17H,15-16H2,1H3,(H,26,28)/t17-/m0/s1. The molecular formula is C23H22BrFN2O3S. The second-order valence-electron chi connectivity index (χ2n) is 7.05. The molecule has 0 aliphatic heterocycles. The van der Waals surface area contributed by atoms with Crippen molar-refractivity contribution in [2.45, 2.75) is 24.4 Å². The number of sulfonamides is 1. The zero-order valence-corrected chi connectivity index (χ0v) is 19.2. The molecule has 5 nitrogen and oxygen atoms in total. The van der Waals surface area contributed by atoms with Crippen molar-refractivity contribution in [3.63, 3.8) is 0 Å². The number of carbonyl (C=O) groups excluding carboxylic acids is 1. The quantitative estimate of drug-likeness (QED) is 0.485. The fourth-order valence-electron chi connectivity index (χ4n) is 3.05. The molecule has 0 spiro atoms. The lowest BCUT2D eigenvalue weighted by molar-refractivity contribution is -0.122. The monoisotopic (exact) mass is 504 g/mol. The van der Waals surface area contributed by atoms with Gasteiger partial charge in [0.1, 0.15) is 5.82 Å². The Kier molecular flexibility index (Phi) is 7.59. The molecule has 0 aliphatic rings. The number of rotatable bonds is 8. The smallest absolute Gasteiger partial charge is 0.243 e. The number of nitrogens with one attached hydrogen (secondary N) is 1. The van der Waals surface area contributed by atoms with Gasteiger partial charge in [0.15, 0.2) is 0 Å². The van der Waals surface area contributed by atoms with Crippen LogP contribution in [0.2, 0.25) is 0 Å². The normalized spacial score (nSPS) is 12.5. The molecule has 3 rings (SSSR count). The van der Waals surface area contributed by atoms with Gasteiger partial charge >= 0.3 is 0 Å². The average Bonchev–Trinajstić information content (AvgIpc) is 2.74. The highest BCUT2D eigenvalue weighted by molar-refractivity contribution is 9.10. The molecule has 1 amide bonds. The molecule has 8 heteroatoms. The minimum Gasteiger partial charge on any atom is -0.348 e. The van der Waals surface area contributed by atoms with Gasteiger partial charge in [-0.15, -0.1) is 0 Å². The van der Waals surface area contributed by atoms with Crippen LogP contribution < -0.4 is 5.32 Å². The fourth-order valence-corrected chi connectivity index (χ4v) is 4.70. The van der Waals surface area contributed by atoms with E-state index in [0.717, 1.165) is 19.9 Å². The maximum Gasteiger partial charge on any atom is 0.243 e. The third-order valence-corrected chi connectivity index (χ3v) is 7.06. The van der Waals surface area contributed by atoms with E-state index in [1.54, 1.807) is 31.2 Å². The Morgan fingerprint density at radius 2 is 1.61 bits per heavy atom. The van der Waals surface area contributed by atoms with Crippen molar-refractivity contribution in [3.8, 4) is 0 Å². The number of hydrogen-bond donors (Lipinski definition) is 1. The van der Waals surface area contributed by atoms with Gasteiger partial charge in [-0.3, -0.25) is 4.79 Å². The first kappa shape index (κ1) is 23.1. The summed E-state index contributed by atoms with van der Waals surface area (Å²) in [7, 11) is -3.92. The molecule has 1 atom stereocenters. The first-order chi connectivity index (χ1) is 14.8. The largest absolute Gasteiger partial charge is 0.348 e. The Morgan fingerprint density at radius 3 is 2.23 bits per heavy atom. The van der Waals surface area contributed by atoms with Crippen LogP contribution in [-0.2, 0) is 21.4 Å². The molecule has 0 heterocycles. The zero-order valence-electron chi connectivity index (χ0n) is 16.8. The van der Waals surface area contributed by atoms with Crippen molar-refractivity contribution in [2.75, 3.05) is 6.54 Å². The second-order valence-corrected chi connectivity index (χ2v) is 9.91. The molecule has 0 unspecified atom stereocenters. The molecule has 1 N–H and O–H groups in total. The molecule has 0 aliphatic carbocycles. The van der Waals surface area contributed by atoms with Crippen LogP contribution in [0.4, 0.5) is 4.39 Å². The van der Waals surface area contributed by atoms with E-state index in [-0.39, 0.29) is 23.8 Å². The van der Waals surface area contributed by atoms with E-state index < -0.39 is 22.0 Å². The summed E-state index contributed by atoms with van der Waals surface area (Å²) in [6, 6.07) is 20.8. The first-order valence-corrected chi connectivity index (χ1v) is 11.8. The fraction of sp³-hybridized carbons (Fsp3) is 0.174. The molecule has 0 aromatic heterocycles. The zero-order chi connectivity index (χ0) is 22.4. The Morgan fingerprint density at radius 1 is 1.00 bits per heavy atom. The van der Waals surface area contributed by atoms with Gasteiger partial charge in [-0.2, -0.15) is 4.31 Å². The second kappa shape index (κ2) is 10.2. The van der Waals surface area contributed by atoms with Gasteiger partial charge < -0.3 is 5.32 Å². The van der Waals surface area contributed by atoms with E-state index in [9.17, 15) is 17.6 Å². The lowest BCUT2D eigenvalue weighted by atomic mass is 10.1. The van der Waals surface area contributed by atoms with Gasteiger partial charge in [0.2, 0.25) is 15.9 Å². The van der Waals surface area contributed by atoms with E-state index in [0.29, 0.717) is 0 Å². The van der Waals surface area contributed by atoms with Crippen LogP contribution in [0.25, 0.3) is 0 Å². The summed E-state index contributed by atoms with van der Waals surface area (Å²) in [5.41, 5.74) is 1.49. The Bertz CT molecular complexity index is 1120. The van der Waals surface area contributed by atoms with Crippen molar-refractivity contribution >= 4 is 31.9 Å². The maximum absolute atomic E-state index is 13.3. The lowest BCUT2D eigenvalue weighted by Gasteiger charge is -2.23. The van der Waals surface area contributed by atoms with Crippen molar-refractivity contribution in [1.29, 1.82) is 0 Å². The Hall–Kier alpha value is -2.55. The molecule has 0 bridgehead atoms. The van der Waals surface area contributed by atoms with Gasteiger partial charge in [-0.05, 0) is 54.4 Å². The van der Waals surface area contributed by atoms with Gasteiger partial charge in [0, 0.05) is 11.0 Å². The highest BCUT2D eigenvalue weighted by Crippen LogP contribution is 2.21. The summed E-state index contributed by atoms with van der Waals surface area (Å²) in [6.07, 6.45) is 0. The lowest BCUT2D eigenvalue weighted by Crippen LogP contribution is -2.41. The first-order valence-electron chi connectivity index (χ1n) is 9.60. The van der Waals surface area contributed by atoms with Crippen LogP contribution in [0.1, 0.15) is 24.1 Å². The number of hydrogen-bond acceptors (Lipinski definition) is 3. The Balaban J connectivity index is 1.81. The van der Waals surface area contributed by atoms with E-state index in [4.69, 9.17) is 0 Å². The predicted octanol–water partition coefficient (Wildman–Crippen LogP) is 4.66. The minimum atomic E-state index is -3.92. The molecular weight excluding hydrogens is 483 g/mol. The number of carbonyl (C=O) groups is 1. The van der Waals surface area contributed by atoms with Crippen LogP contribution >= 0.6 is 15.9 Å². The van der Waals surface area contributed by atoms with Crippen molar-refractivity contribution in [1.82, 2.24) is 9.62 Å². The van der Waals surface area contributed by atoms with Crippen molar-refractivity contribution < 1.29 is 17.6 Å². The van der Waals surface area contributed by atoms with Crippen molar-refractivity contribution in [2.24, 2.45) is 0 Å². The van der Waals surface area contributed by atoms with Gasteiger partial charge in [-0.25, -0.2) is 12.8 Å². The van der Waals surface area contributed by atoms with Crippen molar-refractivity contribution in [3.05, 3.63) is 100 Å². The summed E-state index contributed by atoms with van der Waals surface area (Å²) >= 11 is 3.30. The van der Waals surface area contributed by atoms with Crippen LogP contribution in [0.3, 0.4) is 0 Å². The molecule has 0 saturated carbocycles. The summed E-state index contributed by atoms with van der Waals surface area (Å²) in [5.74, 6) is -0.814. The summed E-state index contributed by atoms with van der Waals surface area (Å²) in [4.78, 5) is 12.8. The molecule has 0 fully saturated rings. The van der Waals surface area contributed by atoms with Gasteiger partial charge in [0.25, 0.3) is 0 Å². The van der Waals surface area contributed by atoms with Crippen LogP contribution in [0.5, 0.6) is 0 Å². The van der Waals surface area contributed by atoms with E-state index in [1.165, 1.54) is 24.3 Å².